The van der Waals surface area contributed by atoms with E-state index in [0.717, 1.165) is 5.56 Å². The molecule has 0 saturated heterocycles. The van der Waals surface area contributed by atoms with Crippen molar-refractivity contribution in [3.63, 3.8) is 0 Å². The molecule has 0 spiro atoms. The van der Waals surface area contributed by atoms with Crippen LogP contribution < -0.4 is 10.6 Å². The summed E-state index contributed by atoms with van der Waals surface area (Å²) in [6, 6.07) is 5.26. The zero-order chi connectivity index (χ0) is 13.0. The van der Waals surface area contributed by atoms with Crippen molar-refractivity contribution in [3.05, 3.63) is 42.2 Å². The largest absolute Gasteiger partial charge is 0.363 e. The molecule has 0 aliphatic heterocycles. The highest BCUT2D eigenvalue weighted by atomic mass is 19.1. The molecule has 0 amide bonds. The molecule has 17 heavy (non-hydrogen) atoms. The molecule has 0 fully saturated rings. The van der Waals surface area contributed by atoms with Crippen LogP contribution in [0.25, 0.3) is 0 Å². The minimum atomic E-state index is -0.227. The average Bonchev–Trinajstić information content (AvgIpc) is 2.26. The Kier molecular flexibility index (Phi) is 4.70. The lowest BCUT2D eigenvalue weighted by Crippen LogP contribution is -2.31. The van der Waals surface area contributed by atoms with Crippen LogP contribution in [-0.2, 0) is 0 Å². The molecule has 0 unspecified atom stereocenters. The summed E-state index contributed by atoms with van der Waals surface area (Å²) < 4.78 is 14.0. The molecule has 0 saturated carbocycles. The van der Waals surface area contributed by atoms with Gasteiger partial charge in [0.1, 0.15) is 5.82 Å². The molecule has 0 bridgehead atoms. The lowest BCUT2D eigenvalue weighted by molar-refractivity contribution is 0.604. The van der Waals surface area contributed by atoms with Crippen LogP contribution in [-0.4, -0.2) is 12.6 Å². The number of rotatable bonds is 5. The topological polar surface area (TPSA) is 29.3 Å². The molecule has 0 heterocycles. The fraction of sp³-hybridized carbons (Fsp3) is 0.429. The quantitative estimate of drug-likeness (QED) is 0.795. The number of halogens is 1. The van der Waals surface area contributed by atoms with Gasteiger partial charge in [0.15, 0.2) is 0 Å². The fourth-order valence-electron chi connectivity index (χ4n) is 1.77. The number of hydrogen-bond acceptors (Lipinski definition) is 2. The maximum Gasteiger partial charge on any atom is 0.146 e. The van der Waals surface area contributed by atoms with E-state index in [-0.39, 0.29) is 17.9 Å². The first-order valence-electron chi connectivity index (χ1n) is 5.90. The normalized spacial score (nSPS) is 12.6. The maximum absolute atomic E-state index is 14.0. The van der Waals surface area contributed by atoms with Gasteiger partial charge in [-0.05, 0) is 38.5 Å². The van der Waals surface area contributed by atoms with E-state index in [4.69, 9.17) is 5.73 Å². The summed E-state index contributed by atoms with van der Waals surface area (Å²) in [7, 11) is 0. The number of hydrogen-bond donors (Lipinski definition) is 1. The van der Waals surface area contributed by atoms with Crippen molar-refractivity contribution in [1.29, 1.82) is 0 Å². The van der Waals surface area contributed by atoms with Crippen molar-refractivity contribution in [1.82, 2.24) is 0 Å². The molecule has 1 aromatic rings. The molecular weight excluding hydrogens is 215 g/mol. The Labute approximate surface area is 103 Å². The number of nitrogens with two attached hydrogens (primary N) is 1. The third-order valence-corrected chi connectivity index (χ3v) is 2.76. The monoisotopic (exact) mass is 236 g/mol. The summed E-state index contributed by atoms with van der Waals surface area (Å²) in [5.74, 6) is -0.227. The molecule has 1 aromatic carbocycles. The standard InChI is InChI=1S/C14H21FN2/c1-5-8-17(10(2)3)14-7-6-12(11(4)16)9-13(14)15/h5-7,9-11H,1,8,16H2,2-4H3/t11-/m0/s1. The lowest BCUT2D eigenvalue weighted by atomic mass is 10.1. The van der Waals surface area contributed by atoms with Crippen molar-refractivity contribution in [2.75, 3.05) is 11.4 Å². The number of anilines is 1. The highest BCUT2D eigenvalue weighted by molar-refractivity contribution is 5.50. The van der Waals surface area contributed by atoms with Gasteiger partial charge in [0.2, 0.25) is 0 Å². The van der Waals surface area contributed by atoms with Crippen LogP contribution in [0.2, 0.25) is 0 Å². The highest BCUT2D eigenvalue weighted by Gasteiger charge is 2.14. The van der Waals surface area contributed by atoms with E-state index in [1.807, 2.05) is 31.7 Å². The first kappa shape index (κ1) is 13.7. The van der Waals surface area contributed by atoms with Crippen molar-refractivity contribution in [2.24, 2.45) is 5.73 Å². The first-order valence-corrected chi connectivity index (χ1v) is 5.90. The number of nitrogens with zero attached hydrogens (tertiary/aromatic N) is 1. The van der Waals surface area contributed by atoms with Crippen molar-refractivity contribution >= 4 is 5.69 Å². The predicted octanol–water partition coefficient (Wildman–Crippen LogP) is 3.25. The van der Waals surface area contributed by atoms with Gasteiger partial charge in [-0.25, -0.2) is 4.39 Å². The average molecular weight is 236 g/mol. The van der Waals surface area contributed by atoms with Gasteiger partial charge in [-0.15, -0.1) is 6.58 Å². The number of benzene rings is 1. The first-order chi connectivity index (χ1) is 7.97. The Balaban J connectivity index is 3.08. The van der Waals surface area contributed by atoms with Crippen LogP contribution in [0.5, 0.6) is 0 Å². The summed E-state index contributed by atoms with van der Waals surface area (Å²) >= 11 is 0. The summed E-state index contributed by atoms with van der Waals surface area (Å²) in [6.45, 7) is 10.2. The molecule has 2 nitrogen and oxygen atoms in total. The van der Waals surface area contributed by atoms with Crippen LogP contribution in [0, 0.1) is 5.82 Å². The van der Waals surface area contributed by atoms with Crippen LogP contribution in [0.1, 0.15) is 32.4 Å². The van der Waals surface area contributed by atoms with E-state index in [0.29, 0.717) is 12.2 Å². The Bertz CT molecular complexity index is 386. The van der Waals surface area contributed by atoms with E-state index < -0.39 is 0 Å². The molecule has 0 radical (unpaired) electrons. The zero-order valence-electron chi connectivity index (χ0n) is 10.8. The van der Waals surface area contributed by atoms with E-state index in [1.54, 1.807) is 12.1 Å². The minimum Gasteiger partial charge on any atom is -0.363 e. The molecule has 2 N–H and O–H groups in total. The molecule has 0 aliphatic rings. The van der Waals surface area contributed by atoms with Crippen molar-refractivity contribution in [3.8, 4) is 0 Å². The van der Waals surface area contributed by atoms with Crippen molar-refractivity contribution < 1.29 is 4.39 Å². The predicted molar refractivity (Wildman–Crippen MR) is 71.7 cm³/mol. The third-order valence-electron chi connectivity index (χ3n) is 2.76. The maximum atomic E-state index is 14.0. The Morgan fingerprint density at radius 2 is 2.06 bits per heavy atom. The van der Waals surface area contributed by atoms with E-state index in [2.05, 4.69) is 6.58 Å². The second-order valence-electron chi connectivity index (χ2n) is 4.53. The van der Waals surface area contributed by atoms with Gasteiger partial charge in [0, 0.05) is 18.6 Å². The fourth-order valence-corrected chi connectivity index (χ4v) is 1.77. The van der Waals surface area contributed by atoms with Gasteiger partial charge in [0.05, 0.1) is 5.69 Å². The SMILES string of the molecule is C=CCN(c1ccc([C@H](C)N)cc1F)C(C)C. The zero-order valence-corrected chi connectivity index (χ0v) is 10.8. The van der Waals surface area contributed by atoms with Crippen LogP contribution in [0.15, 0.2) is 30.9 Å². The third kappa shape index (κ3) is 3.30. The smallest absolute Gasteiger partial charge is 0.146 e. The molecule has 3 heteroatoms. The summed E-state index contributed by atoms with van der Waals surface area (Å²) in [5.41, 5.74) is 7.15. The van der Waals surface area contributed by atoms with E-state index in [1.165, 1.54) is 6.07 Å². The summed E-state index contributed by atoms with van der Waals surface area (Å²) in [5, 5.41) is 0. The molecule has 1 rings (SSSR count). The van der Waals surface area contributed by atoms with Crippen molar-refractivity contribution in [2.45, 2.75) is 32.9 Å². The second kappa shape index (κ2) is 5.82. The molecule has 0 aliphatic carbocycles. The Hall–Kier alpha value is -1.35. The van der Waals surface area contributed by atoms with Gasteiger partial charge in [-0.2, -0.15) is 0 Å². The van der Waals surface area contributed by atoms with Crippen LogP contribution in [0.4, 0.5) is 10.1 Å². The molecule has 1 atom stereocenters. The van der Waals surface area contributed by atoms with Crippen LogP contribution >= 0.6 is 0 Å². The van der Waals surface area contributed by atoms with E-state index in [9.17, 15) is 4.39 Å². The van der Waals surface area contributed by atoms with E-state index >= 15 is 0 Å². The van der Waals surface area contributed by atoms with Gasteiger partial charge in [-0.1, -0.05) is 12.1 Å². The molecule has 0 aromatic heterocycles. The lowest BCUT2D eigenvalue weighted by Gasteiger charge is -2.28. The highest BCUT2D eigenvalue weighted by Crippen LogP contribution is 2.24. The minimum absolute atomic E-state index is 0.148. The Morgan fingerprint density at radius 1 is 1.41 bits per heavy atom. The summed E-state index contributed by atoms with van der Waals surface area (Å²) in [6.07, 6.45) is 1.78. The van der Waals surface area contributed by atoms with Gasteiger partial charge in [-0.3, -0.25) is 0 Å². The van der Waals surface area contributed by atoms with Gasteiger partial charge < -0.3 is 10.6 Å². The van der Waals surface area contributed by atoms with Gasteiger partial charge >= 0.3 is 0 Å². The van der Waals surface area contributed by atoms with Crippen LogP contribution in [0.3, 0.4) is 0 Å². The summed E-state index contributed by atoms with van der Waals surface area (Å²) in [4.78, 5) is 1.97. The Morgan fingerprint density at radius 3 is 2.47 bits per heavy atom. The second-order valence-corrected chi connectivity index (χ2v) is 4.53. The van der Waals surface area contributed by atoms with Gasteiger partial charge in [0.25, 0.3) is 0 Å². The molecule has 94 valence electrons. The molecular formula is C14H21FN2.